The summed E-state index contributed by atoms with van der Waals surface area (Å²) in [6.45, 7) is 4.43. The first kappa shape index (κ1) is 14.8. The lowest BCUT2D eigenvalue weighted by molar-refractivity contribution is 0.144. The average Bonchev–Trinajstić information content (AvgIpc) is 2.38. The summed E-state index contributed by atoms with van der Waals surface area (Å²) >= 11 is 6.35. The molecule has 2 nitrogen and oxygen atoms in total. The summed E-state index contributed by atoms with van der Waals surface area (Å²) < 4.78 is 0. The van der Waals surface area contributed by atoms with Gasteiger partial charge in [-0.3, -0.25) is 11.3 Å². The lowest BCUT2D eigenvalue weighted by Gasteiger charge is -2.40. The second-order valence-corrected chi connectivity index (χ2v) is 6.64. The molecule has 1 fully saturated rings. The van der Waals surface area contributed by atoms with Crippen LogP contribution in [0.2, 0.25) is 5.02 Å². The van der Waals surface area contributed by atoms with Crippen LogP contribution in [0, 0.1) is 12.3 Å². The van der Waals surface area contributed by atoms with E-state index in [0.29, 0.717) is 11.5 Å². The van der Waals surface area contributed by atoms with E-state index in [-0.39, 0.29) is 0 Å². The van der Waals surface area contributed by atoms with Crippen LogP contribution in [0.15, 0.2) is 18.2 Å². The maximum absolute atomic E-state index is 6.35. The monoisotopic (exact) mass is 280 g/mol. The molecule has 1 aromatic carbocycles. The first-order valence-electron chi connectivity index (χ1n) is 7.26. The SMILES string of the molecule is Cc1ccc(CC(NN)C2(C)CCCCC2)c(Cl)c1. The third-order valence-electron chi connectivity index (χ3n) is 4.67. The molecule has 0 amide bonds. The predicted octanol–water partition coefficient (Wildman–Crippen LogP) is 3.99. The number of nitrogens with two attached hydrogens (primary N) is 1. The van der Waals surface area contributed by atoms with Gasteiger partial charge in [0.15, 0.2) is 0 Å². The summed E-state index contributed by atoms with van der Waals surface area (Å²) in [5.74, 6) is 5.82. The highest BCUT2D eigenvalue weighted by Gasteiger charge is 2.35. The van der Waals surface area contributed by atoms with Gasteiger partial charge in [-0.05, 0) is 48.8 Å². The van der Waals surface area contributed by atoms with Crippen LogP contribution in [-0.4, -0.2) is 6.04 Å². The highest BCUT2D eigenvalue weighted by molar-refractivity contribution is 6.31. The van der Waals surface area contributed by atoms with E-state index in [9.17, 15) is 0 Å². The minimum atomic E-state index is 0.293. The Morgan fingerprint density at radius 3 is 2.58 bits per heavy atom. The van der Waals surface area contributed by atoms with E-state index in [1.54, 1.807) is 0 Å². The Kier molecular flexibility index (Phi) is 4.88. The van der Waals surface area contributed by atoms with E-state index < -0.39 is 0 Å². The number of halogens is 1. The quantitative estimate of drug-likeness (QED) is 0.646. The van der Waals surface area contributed by atoms with E-state index in [2.05, 4.69) is 31.4 Å². The zero-order valence-electron chi connectivity index (χ0n) is 12.0. The van der Waals surface area contributed by atoms with Crippen LogP contribution >= 0.6 is 11.6 Å². The van der Waals surface area contributed by atoms with Crippen LogP contribution < -0.4 is 11.3 Å². The summed E-state index contributed by atoms with van der Waals surface area (Å²) in [6, 6.07) is 6.59. The zero-order valence-corrected chi connectivity index (χ0v) is 12.8. The normalized spacial score (nSPS) is 20.2. The molecular weight excluding hydrogens is 256 g/mol. The zero-order chi connectivity index (χ0) is 13.9. The first-order valence-corrected chi connectivity index (χ1v) is 7.64. The molecule has 3 heteroatoms. The second-order valence-electron chi connectivity index (χ2n) is 6.23. The lowest BCUT2D eigenvalue weighted by Crippen LogP contribution is -2.49. The Morgan fingerprint density at radius 1 is 1.32 bits per heavy atom. The summed E-state index contributed by atoms with van der Waals surface area (Å²) in [4.78, 5) is 0. The molecular formula is C16H25ClN2. The van der Waals surface area contributed by atoms with Crippen molar-refractivity contribution in [2.45, 2.75) is 58.4 Å². The number of nitrogens with one attached hydrogen (secondary N) is 1. The van der Waals surface area contributed by atoms with Crippen molar-refractivity contribution < 1.29 is 0 Å². The highest BCUT2D eigenvalue weighted by Crippen LogP contribution is 2.40. The molecule has 0 aliphatic heterocycles. The summed E-state index contributed by atoms with van der Waals surface area (Å²) in [5.41, 5.74) is 5.74. The maximum Gasteiger partial charge on any atom is 0.0441 e. The smallest absolute Gasteiger partial charge is 0.0441 e. The number of hydrogen-bond acceptors (Lipinski definition) is 2. The van der Waals surface area contributed by atoms with Crippen LogP contribution in [-0.2, 0) is 6.42 Å². The number of benzene rings is 1. The number of aryl methyl sites for hydroxylation is 1. The Hall–Kier alpha value is -0.570. The Balaban J connectivity index is 2.14. The third-order valence-corrected chi connectivity index (χ3v) is 5.02. The number of hydrazine groups is 1. The fourth-order valence-corrected chi connectivity index (χ4v) is 3.56. The van der Waals surface area contributed by atoms with Gasteiger partial charge in [-0.15, -0.1) is 0 Å². The van der Waals surface area contributed by atoms with Crippen LogP contribution in [0.25, 0.3) is 0 Å². The Bertz CT molecular complexity index is 425. The molecule has 0 heterocycles. The molecule has 106 valence electrons. The molecule has 0 radical (unpaired) electrons. The second kappa shape index (κ2) is 6.25. The van der Waals surface area contributed by atoms with Gasteiger partial charge in [0.05, 0.1) is 0 Å². The molecule has 0 spiro atoms. The molecule has 0 aromatic heterocycles. The van der Waals surface area contributed by atoms with E-state index in [1.807, 2.05) is 6.07 Å². The standard InChI is InChI=1S/C16H25ClN2/c1-12-6-7-13(14(17)10-12)11-15(19-18)16(2)8-4-3-5-9-16/h6-7,10,15,19H,3-5,8-9,11,18H2,1-2H3. The van der Waals surface area contributed by atoms with Gasteiger partial charge in [0, 0.05) is 11.1 Å². The van der Waals surface area contributed by atoms with Gasteiger partial charge >= 0.3 is 0 Å². The molecule has 1 atom stereocenters. The van der Waals surface area contributed by atoms with Gasteiger partial charge in [-0.25, -0.2) is 0 Å². The molecule has 0 saturated heterocycles. The third kappa shape index (κ3) is 3.50. The average molecular weight is 281 g/mol. The van der Waals surface area contributed by atoms with Gasteiger partial charge in [0.1, 0.15) is 0 Å². The molecule has 0 bridgehead atoms. The Morgan fingerprint density at radius 2 is 2.00 bits per heavy atom. The van der Waals surface area contributed by atoms with Crippen molar-refractivity contribution in [1.82, 2.24) is 5.43 Å². The van der Waals surface area contributed by atoms with E-state index in [1.165, 1.54) is 43.2 Å². The number of rotatable bonds is 4. The van der Waals surface area contributed by atoms with E-state index in [4.69, 9.17) is 17.4 Å². The fraction of sp³-hybridized carbons (Fsp3) is 0.625. The van der Waals surface area contributed by atoms with Gasteiger partial charge < -0.3 is 0 Å². The van der Waals surface area contributed by atoms with Crippen molar-refractivity contribution in [3.05, 3.63) is 34.3 Å². The van der Waals surface area contributed by atoms with Gasteiger partial charge in [0.2, 0.25) is 0 Å². The van der Waals surface area contributed by atoms with Crippen molar-refractivity contribution in [2.75, 3.05) is 0 Å². The van der Waals surface area contributed by atoms with Crippen LogP contribution in [0.3, 0.4) is 0 Å². The molecule has 1 aromatic rings. The molecule has 1 aliphatic rings. The molecule has 1 saturated carbocycles. The Labute approximate surface area is 121 Å². The van der Waals surface area contributed by atoms with Gasteiger partial charge in [-0.1, -0.05) is 49.9 Å². The molecule has 19 heavy (non-hydrogen) atoms. The van der Waals surface area contributed by atoms with Crippen molar-refractivity contribution >= 4 is 11.6 Å². The van der Waals surface area contributed by atoms with Gasteiger partial charge in [0.25, 0.3) is 0 Å². The highest BCUT2D eigenvalue weighted by atomic mass is 35.5. The predicted molar refractivity (Wildman–Crippen MR) is 82.2 cm³/mol. The molecule has 1 aliphatic carbocycles. The van der Waals surface area contributed by atoms with Crippen molar-refractivity contribution in [2.24, 2.45) is 11.3 Å². The lowest BCUT2D eigenvalue weighted by atomic mass is 9.69. The maximum atomic E-state index is 6.35. The molecule has 1 unspecified atom stereocenters. The largest absolute Gasteiger partial charge is 0.271 e. The van der Waals surface area contributed by atoms with Crippen molar-refractivity contribution in [1.29, 1.82) is 0 Å². The van der Waals surface area contributed by atoms with Crippen molar-refractivity contribution in [3.63, 3.8) is 0 Å². The van der Waals surface area contributed by atoms with E-state index in [0.717, 1.165) is 11.4 Å². The summed E-state index contributed by atoms with van der Waals surface area (Å²) in [6.07, 6.45) is 7.41. The summed E-state index contributed by atoms with van der Waals surface area (Å²) in [7, 11) is 0. The van der Waals surface area contributed by atoms with Gasteiger partial charge in [-0.2, -0.15) is 0 Å². The summed E-state index contributed by atoms with van der Waals surface area (Å²) in [5, 5.41) is 0.861. The number of hydrogen-bond donors (Lipinski definition) is 2. The van der Waals surface area contributed by atoms with Crippen LogP contribution in [0.1, 0.15) is 50.2 Å². The van der Waals surface area contributed by atoms with E-state index >= 15 is 0 Å². The topological polar surface area (TPSA) is 38.0 Å². The van der Waals surface area contributed by atoms with Crippen molar-refractivity contribution in [3.8, 4) is 0 Å². The first-order chi connectivity index (χ1) is 9.05. The minimum absolute atomic E-state index is 0.293. The molecule has 2 rings (SSSR count). The minimum Gasteiger partial charge on any atom is -0.271 e. The van der Waals surface area contributed by atoms with Crippen LogP contribution in [0.4, 0.5) is 0 Å². The molecule has 3 N–H and O–H groups in total. The fourth-order valence-electron chi connectivity index (χ4n) is 3.25. The van der Waals surface area contributed by atoms with Crippen LogP contribution in [0.5, 0.6) is 0 Å².